The van der Waals surface area contributed by atoms with Gasteiger partial charge in [0.2, 0.25) is 0 Å². The van der Waals surface area contributed by atoms with Crippen molar-refractivity contribution in [2.45, 2.75) is 0 Å². The molecule has 10 aromatic rings. The van der Waals surface area contributed by atoms with E-state index < -0.39 is 0 Å². The SMILES string of the molecule is c1ccc(-c2ccccc2-c2ccc3c(c2)c2cnccc2n3-c2ccc3oc4cc(-c5ccccn5)c(-c5ccccn5)cc4c3c2)nc1. The lowest BCUT2D eigenvalue weighted by Gasteiger charge is -2.11. The minimum atomic E-state index is 0.806. The van der Waals surface area contributed by atoms with Gasteiger partial charge in [-0.25, -0.2) is 0 Å². The number of hydrogen-bond acceptors (Lipinski definition) is 5. The molecule has 0 aliphatic carbocycles. The highest BCUT2D eigenvalue weighted by Gasteiger charge is 2.19. The molecule has 0 aliphatic rings. The number of nitrogens with zero attached hydrogens (tertiary/aromatic N) is 5. The highest BCUT2D eigenvalue weighted by molar-refractivity contribution is 6.12. The highest BCUT2D eigenvalue weighted by atomic mass is 16.3. The first-order valence-electron chi connectivity index (χ1n) is 16.5. The van der Waals surface area contributed by atoms with Crippen LogP contribution in [-0.2, 0) is 0 Å². The number of rotatable bonds is 5. The van der Waals surface area contributed by atoms with Crippen LogP contribution in [0.25, 0.3) is 94.3 Å². The Morgan fingerprint density at radius 2 is 1.06 bits per heavy atom. The molecule has 6 heterocycles. The molecule has 4 aromatic carbocycles. The first kappa shape index (κ1) is 28.1. The summed E-state index contributed by atoms with van der Waals surface area (Å²) in [6.45, 7) is 0. The zero-order valence-corrected chi connectivity index (χ0v) is 26.7. The molecule has 0 unspecified atom stereocenters. The molecule has 6 nitrogen and oxygen atoms in total. The summed E-state index contributed by atoms with van der Waals surface area (Å²) in [5, 5.41) is 4.29. The van der Waals surface area contributed by atoms with Crippen LogP contribution >= 0.6 is 0 Å². The molecule has 234 valence electrons. The second-order valence-electron chi connectivity index (χ2n) is 12.3. The Kier molecular flexibility index (Phi) is 6.39. The lowest BCUT2D eigenvalue weighted by atomic mass is 9.96. The van der Waals surface area contributed by atoms with Crippen LogP contribution in [0.4, 0.5) is 0 Å². The molecule has 0 saturated heterocycles. The standard InChI is InChI=1S/C44H27N5O/c1-2-10-31(38-11-3-6-19-46-38)30(9-1)28-14-16-41-34(23-28)37-27-45-22-18-42(37)49(41)29-15-17-43-35(24-29)36-25-32(39-12-4-7-20-47-39)33(26-44(36)50-43)40-13-5-8-21-48-40/h1-27H. The van der Waals surface area contributed by atoms with Crippen molar-refractivity contribution in [3.8, 4) is 50.6 Å². The fraction of sp³-hybridized carbons (Fsp3) is 0. The summed E-state index contributed by atoms with van der Waals surface area (Å²) in [5.41, 5.74) is 12.9. The van der Waals surface area contributed by atoms with Gasteiger partial charge < -0.3 is 8.98 Å². The Hall–Kier alpha value is -6.92. The summed E-state index contributed by atoms with van der Waals surface area (Å²) in [7, 11) is 0. The minimum absolute atomic E-state index is 0.806. The topological polar surface area (TPSA) is 69.6 Å². The smallest absolute Gasteiger partial charge is 0.136 e. The molecular formula is C44H27N5O. The molecular weight excluding hydrogens is 615 g/mol. The van der Waals surface area contributed by atoms with E-state index in [1.807, 2.05) is 79.5 Å². The third-order valence-corrected chi connectivity index (χ3v) is 9.48. The van der Waals surface area contributed by atoms with Gasteiger partial charge in [0.1, 0.15) is 11.2 Å². The second-order valence-corrected chi connectivity index (χ2v) is 12.3. The zero-order chi connectivity index (χ0) is 33.0. The fourth-order valence-corrected chi connectivity index (χ4v) is 7.21. The van der Waals surface area contributed by atoms with Crippen LogP contribution in [-0.4, -0.2) is 24.5 Å². The Labute approximate surface area is 287 Å². The van der Waals surface area contributed by atoms with Gasteiger partial charge in [-0.3, -0.25) is 19.9 Å². The quantitative estimate of drug-likeness (QED) is 0.187. The Morgan fingerprint density at radius 3 is 1.78 bits per heavy atom. The summed E-state index contributed by atoms with van der Waals surface area (Å²) in [4.78, 5) is 18.6. The number of fused-ring (bicyclic) bond motifs is 6. The van der Waals surface area contributed by atoms with Gasteiger partial charge in [-0.2, -0.15) is 0 Å². The molecule has 0 bridgehead atoms. The van der Waals surface area contributed by atoms with Gasteiger partial charge in [0.15, 0.2) is 0 Å². The maximum atomic E-state index is 6.49. The van der Waals surface area contributed by atoms with Crippen molar-refractivity contribution in [3.05, 3.63) is 164 Å². The first-order chi connectivity index (χ1) is 24.8. The van der Waals surface area contributed by atoms with E-state index in [1.165, 1.54) is 0 Å². The minimum Gasteiger partial charge on any atom is -0.456 e. The molecule has 0 amide bonds. The van der Waals surface area contributed by atoms with Crippen molar-refractivity contribution in [1.29, 1.82) is 0 Å². The van der Waals surface area contributed by atoms with E-state index in [1.54, 1.807) is 0 Å². The van der Waals surface area contributed by atoms with Crippen molar-refractivity contribution in [1.82, 2.24) is 24.5 Å². The van der Waals surface area contributed by atoms with Crippen molar-refractivity contribution in [3.63, 3.8) is 0 Å². The van der Waals surface area contributed by atoms with E-state index in [4.69, 9.17) is 9.40 Å². The average molecular weight is 642 g/mol. The summed E-state index contributed by atoms with van der Waals surface area (Å²) in [6.07, 6.45) is 9.31. The lowest BCUT2D eigenvalue weighted by molar-refractivity contribution is 0.669. The van der Waals surface area contributed by atoms with Gasteiger partial charge in [0.05, 0.1) is 28.1 Å². The first-order valence-corrected chi connectivity index (χ1v) is 16.5. The molecule has 0 saturated carbocycles. The van der Waals surface area contributed by atoms with Gasteiger partial charge >= 0.3 is 0 Å². The van der Waals surface area contributed by atoms with Crippen molar-refractivity contribution in [2.24, 2.45) is 0 Å². The Balaban J connectivity index is 1.17. The largest absolute Gasteiger partial charge is 0.456 e. The molecule has 0 spiro atoms. The van der Waals surface area contributed by atoms with Crippen LogP contribution in [0.2, 0.25) is 0 Å². The molecule has 0 atom stereocenters. The fourth-order valence-electron chi connectivity index (χ4n) is 7.21. The summed E-state index contributed by atoms with van der Waals surface area (Å²) < 4.78 is 8.81. The number of hydrogen-bond donors (Lipinski definition) is 0. The van der Waals surface area contributed by atoms with E-state index in [2.05, 4.69) is 104 Å². The van der Waals surface area contributed by atoms with E-state index in [-0.39, 0.29) is 0 Å². The summed E-state index contributed by atoms with van der Waals surface area (Å²) in [6, 6.07) is 45.9. The van der Waals surface area contributed by atoms with Crippen molar-refractivity contribution in [2.75, 3.05) is 0 Å². The number of aromatic nitrogens is 5. The average Bonchev–Trinajstić information content (AvgIpc) is 3.72. The Bertz CT molecular complexity index is 2860. The number of furan rings is 1. The Morgan fingerprint density at radius 1 is 0.420 bits per heavy atom. The molecule has 0 aliphatic heterocycles. The number of benzene rings is 4. The maximum Gasteiger partial charge on any atom is 0.136 e. The van der Waals surface area contributed by atoms with Crippen molar-refractivity contribution < 1.29 is 4.42 Å². The van der Waals surface area contributed by atoms with Crippen LogP contribution in [0.1, 0.15) is 0 Å². The number of pyridine rings is 4. The molecule has 0 radical (unpaired) electrons. The summed E-state index contributed by atoms with van der Waals surface area (Å²) in [5.74, 6) is 0. The highest BCUT2D eigenvalue weighted by Crippen LogP contribution is 2.41. The van der Waals surface area contributed by atoms with Crippen LogP contribution in [0.15, 0.2) is 169 Å². The van der Waals surface area contributed by atoms with E-state index in [0.29, 0.717) is 0 Å². The lowest BCUT2D eigenvalue weighted by Crippen LogP contribution is -1.94. The summed E-state index contributed by atoms with van der Waals surface area (Å²) >= 11 is 0. The van der Waals surface area contributed by atoms with Gasteiger partial charge in [0.25, 0.3) is 0 Å². The van der Waals surface area contributed by atoms with Crippen molar-refractivity contribution >= 4 is 43.7 Å². The molecule has 0 N–H and O–H groups in total. The van der Waals surface area contributed by atoms with E-state index >= 15 is 0 Å². The van der Waals surface area contributed by atoms with Crippen LogP contribution in [0.5, 0.6) is 0 Å². The second kappa shape index (κ2) is 11.4. The van der Waals surface area contributed by atoms with Crippen LogP contribution in [0, 0.1) is 0 Å². The van der Waals surface area contributed by atoms with Crippen LogP contribution in [0.3, 0.4) is 0 Å². The van der Waals surface area contributed by atoms with E-state index in [0.717, 1.165) is 94.3 Å². The zero-order valence-electron chi connectivity index (χ0n) is 26.7. The third kappa shape index (κ3) is 4.50. The monoisotopic (exact) mass is 641 g/mol. The maximum absolute atomic E-state index is 6.49. The molecule has 0 fully saturated rings. The van der Waals surface area contributed by atoms with Gasteiger partial charge in [0, 0.05) is 74.9 Å². The predicted molar refractivity (Wildman–Crippen MR) is 201 cm³/mol. The molecule has 6 aromatic heterocycles. The molecule has 50 heavy (non-hydrogen) atoms. The molecule has 10 rings (SSSR count). The van der Waals surface area contributed by atoms with Gasteiger partial charge in [-0.05, 0) is 96.1 Å². The van der Waals surface area contributed by atoms with Gasteiger partial charge in [-0.15, -0.1) is 0 Å². The van der Waals surface area contributed by atoms with E-state index in [9.17, 15) is 0 Å². The third-order valence-electron chi connectivity index (χ3n) is 9.48. The molecule has 6 heteroatoms. The predicted octanol–water partition coefficient (Wildman–Crippen LogP) is 10.9. The van der Waals surface area contributed by atoms with Gasteiger partial charge in [-0.1, -0.05) is 48.5 Å². The normalized spacial score (nSPS) is 11.6. The van der Waals surface area contributed by atoms with Crippen LogP contribution < -0.4 is 0 Å².